The highest BCUT2D eigenvalue weighted by molar-refractivity contribution is 5.87. The first-order chi connectivity index (χ1) is 13.7. The first-order valence-electron chi connectivity index (χ1n) is 10.2. The molecule has 3 heterocycles. The normalized spacial score (nSPS) is 18.1. The van der Waals surface area contributed by atoms with Crippen molar-refractivity contribution < 1.29 is 4.74 Å². The smallest absolute Gasteiger partial charge is 0.144 e. The number of hydrogen-bond acceptors (Lipinski definition) is 4. The second-order valence-corrected chi connectivity index (χ2v) is 8.16. The van der Waals surface area contributed by atoms with Crippen LogP contribution in [-0.4, -0.2) is 50.2 Å². The number of ether oxygens (including phenoxy) is 1. The van der Waals surface area contributed by atoms with Crippen LogP contribution in [0.3, 0.4) is 0 Å². The molecule has 2 aliphatic rings. The number of anilines is 3. The van der Waals surface area contributed by atoms with Gasteiger partial charge in [0.2, 0.25) is 0 Å². The summed E-state index contributed by atoms with van der Waals surface area (Å²) in [5.74, 6) is 1.61. The van der Waals surface area contributed by atoms with E-state index in [1.165, 1.54) is 42.4 Å². The van der Waals surface area contributed by atoms with Gasteiger partial charge in [0.1, 0.15) is 12.4 Å². The van der Waals surface area contributed by atoms with Crippen LogP contribution in [0.15, 0.2) is 42.6 Å². The number of piperidine rings is 1. The van der Waals surface area contributed by atoms with Crippen molar-refractivity contribution in [2.75, 3.05) is 50.6 Å². The summed E-state index contributed by atoms with van der Waals surface area (Å²) in [6, 6.07) is 13.0. The average Bonchev–Trinajstić information content (AvgIpc) is 3.12. The molecule has 0 aliphatic carbocycles. The highest BCUT2D eigenvalue weighted by atomic mass is 16.5. The van der Waals surface area contributed by atoms with Crippen molar-refractivity contribution in [1.82, 2.24) is 9.88 Å². The number of H-pyrrole nitrogens is 1. The molecular formula is C23H28N4O. The third-order valence-corrected chi connectivity index (χ3v) is 6.22. The molecule has 1 saturated heterocycles. The number of likely N-dealkylation sites (N-methyl/N-ethyl adjacent to an activating group) is 1. The Labute approximate surface area is 166 Å². The number of rotatable bonds is 3. The highest BCUT2D eigenvalue weighted by Crippen LogP contribution is 2.36. The number of nitrogens with zero attached hydrogens (tertiary/aromatic N) is 2. The van der Waals surface area contributed by atoms with Gasteiger partial charge in [-0.25, -0.2) is 0 Å². The molecule has 0 bridgehead atoms. The summed E-state index contributed by atoms with van der Waals surface area (Å²) in [5.41, 5.74) is 5.97. The summed E-state index contributed by atoms with van der Waals surface area (Å²) < 4.78 is 5.83. The van der Waals surface area contributed by atoms with E-state index in [4.69, 9.17) is 4.74 Å². The van der Waals surface area contributed by atoms with Crippen LogP contribution in [0.1, 0.15) is 24.3 Å². The first-order valence-corrected chi connectivity index (χ1v) is 10.2. The molecule has 0 spiro atoms. The Morgan fingerprint density at radius 2 is 1.79 bits per heavy atom. The Morgan fingerprint density at radius 3 is 2.64 bits per heavy atom. The fourth-order valence-corrected chi connectivity index (χ4v) is 4.49. The van der Waals surface area contributed by atoms with Crippen LogP contribution in [0, 0.1) is 0 Å². The zero-order valence-corrected chi connectivity index (χ0v) is 16.7. The van der Waals surface area contributed by atoms with Gasteiger partial charge in [-0.1, -0.05) is 6.07 Å². The van der Waals surface area contributed by atoms with Crippen molar-refractivity contribution >= 4 is 28.0 Å². The van der Waals surface area contributed by atoms with Crippen LogP contribution in [-0.2, 0) is 0 Å². The lowest BCUT2D eigenvalue weighted by molar-refractivity contribution is 0.256. The van der Waals surface area contributed by atoms with Crippen molar-refractivity contribution in [3.05, 3.63) is 48.2 Å². The molecule has 1 aromatic heterocycles. The molecule has 28 heavy (non-hydrogen) atoms. The quantitative estimate of drug-likeness (QED) is 0.704. The molecule has 1 fully saturated rings. The number of likely N-dealkylation sites (tertiary alicyclic amines) is 1. The van der Waals surface area contributed by atoms with Crippen LogP contribution < -0.4 is 15.0 Å². The van der Waals surface area contributed by atoms with Gasteiger partial charge in [-0.15, -0.1) is 0 Å². The van der Waals surface area contributed by atoms with Crippen LogP contribution >= 0.6 is 0 Å². The van der Waals surface area contributed by atoms with E-state index in [1.54, 1.807) is 0 Å². The minimum absolute atomic E-state index is 0.665. The second-order valence-electron chi connectivity index (χ2n) is 8.16. The monoisotopic (exact) mass is 376 g/mol. The fourth-order valence-electron chi connectivity index (χ4n) is 4.49. The average molecular weight is 377 g/mol. The summed E-state index contributed by atoms with van der Waals surface area (Å²) in [7, 11) is 4.32. The minimum Gasteiger partial charge on any atom is -0.489 e. The highest BCUT2D eigenvalue weighted by Gasteiger charge is 2.21. The van der Waals surface area contributed by atoms with E-state index in [2.05, 4.69) is 76.8 Å². The molecular weight excluding hydrogens is 348 g/mol. The zero-order valence-electron chi connectivity index (χ0n) is 16.7. The summed E-state index contributed by atoms with van der Waals surface area (Å²) in [6.45, 7) is 4.04. The predicted molar refractivity (Wildman–Crippen MR) is 116 cm³/mol. The van der Waals surface area contributed by atoms with Crippen LogP contribution in [0.25, 0.3) is 10.9 Å². The van der Waals surface area contributed by atoms with Crippen LogP contribution in [0.5, 0.6) is 5.75 Å². The number of aromatic amines is 1. The molecule has 146 valence electrons. The van der Waals surface area contributed by atoms with E-state index in [0.29, 0.717) is 5.92 Å². The summed E-state index contributed by atoms with van der Waals surface area (Å²) >= 11 is 0. The summed E-state index contributed by atoms with van der Waals surface area (Å²) in [5, 5.41) is 4.89. The Balaban J connectivity index is 1.37. The Bertz CT molecular complexity index is 987. The number of aromatic nitrogens is 1. The van der Waals surface area contributed by atoms with Gasteiger partial charge in [0.15, 0.2) is 0 Å². The Kier molecular flexibility index (Phi) is 4.40. The second kappa shape index (κ2) is 7.06. The van der Waals surface area contributed by atoms with Gasteiger partial charge >= 0.3 is 0 Å². The lowest BCUT2D eigenvalue weighted by Gasteiger charge is -2.28. The van der Waals surface area contributed by atoms with E-state index < -0.39 is 0 Å². The van der Waals surface area contributed by atoms with Crippen LogP contribution in [0.2, 0.25) is 0 Å². The number of nitrogens with one attached hydrogen (secondary N) is 2. The van der Waals surface area contributed by atoms with E-state index >= 15 is 0 Å². The molecule has 0 radical (unpaired) electrons. The van der Waals surface area contributed by atoms with Crippen molar-refractivity contribution in [1.29, 1.82) is 0 Å². The van der Waals surface area contributed by atoms with Gasteiger partial charge in [-0.2, -0.15) is 0 Å². The van der Waals surface area contributed by atoms with E-state index in [1.807, 2.05) is 0 Å². The van der Waals surface area contributed by atoms with Crippen LogP contribution in [0.4, 0.5) is 17.1 Å². The van der Waals surface area contributed by atoms with Crippen molar-refractivity contribution in [2.45, 2.75) is 18.8 Å². The fraction of sp³-hybridized carbons (Fsp3) is 0.391. The summed E-state index contributed by atoms with van der Waals surface area (Å²) in [6.07, 6.45) is 4.70. The minimum atomic E-state index is 0.665. The predicted octanol–water partition coefficient (Wildman–Crippen LogP) is 4.55. The molecule has 0 saturated carbocycles. The van der Waals surface area contributed by atoms with E-state index in [-0.39, 0.29) is 0 Å². The van der Waals surface area contributed by atoms with Crippen molar-refractivity contribution in [2.24, 2.45) is 0 Å². The summed E-state index contributed by atoms with van der Waals surface area (Å²) in [4.78, 5) is 8.15. The molecule has 5 nitrogen and oxygen atoms in total. The first kappa shape index (κ1) is 17.4. The van der Waals surface area contributed by atoms with Crippen molar-refractivity contribution in [3.8, 4) is 5.75 Å². The number of fused-ring (bicyclic) bond motifs is 2. The lowest BCUT2D eigenvalue weighted by Crippen LogP contribution is -2.29. The zero-order chi connectivity index (χ0) is 19.1. The molecule has 2 aromatic carbocycles. The Hall–Kier alpha value is -2.66. The molecule has 5 rings (SSSR count). The lowest BCUT2D eigenvalue weighted by atomic mass is 9.89. The number of hydrogen-bond donors (Lipinski definition) is 2. The topological polar surface area (TPSA) is 43.5 Å². The molecule has 2 N–H and O–H groups in total. The van der Waals surface area contributed by atoms with Gasteiger partial charge < -0.3 is 24.8 Å². The largest absolute Gasteiger partial charge is 0.489 e. The molecule has 0 amide bonds. The molecule has 0 unspecified atom stereocenters. The van der Waals surface area contributed by atoms with Gasteiger partial charge in [-0.05, 0) is 68.7 Å². The standard InChI is InChI=1S/C23H28N4O/c1-26-9-7-16(8-10-26)20-15-24-21-13-17(3-5-19(20)21)25-18-4-6-22-23(14-18)28-12-11-27(22)2/h3-6,13-16,24-25H,7-12H2,1-2H3. The number of benzene rings is 2. The molecule has 0 atom stereocenters. The van der Waals surface area contributed by atoms with E-state index in [0.717, 1.165) is 36.0 Å². The van der Waals surface area contributed by atoms with Gasteiger partial charge in [0.05, 0.1) is 12.2 Å². The van der Waals surface area contributed by atoms with Gasteiger partial charge in [-0.3, -0.25) is 0 Å². The van der Waals surface area contributed by atoms with Gasteiger partial charge in [0, 0.05) is 41.6 Å². The van der Waals surface area contributed by atoms with Crippen molar-refractivity contribution in [3.63, 3.8) is 0 Å². The Morgan fingerprint density at radius 1 is 1.00 bits per heavy atom. The molecule has 2 aliphatic heterocycles. The van der Waals surface area contributed by atoms with E-state index in [9.17, 15) is 0 Å². The molecule has 3 aromatic rings. The molecule has 5 heteroatoms. The maximum atomic E-state index is 5.83. The maximum absolute atomic E-state index is 5.83. The SMILES string of the molecule is CN1CCC(c2c[nH]c3cc(Nc4ccc5c(c4)OCCN5C)ccc23)CC1. The maximum Gasteiger partial charge on any atom is 0.144 e. The third kappa shape index (κ3) is 3.20. The van der Waals surface area contributed by atoms with Gasteiger partial charge in [0.25, 0.3) is 0 Å². The third-order valence-electron chi connectivity index (χ3n) is 6.22.